The van der Waals surface area contributed by atoms with Crippen molar-refractivity contribution in [2.75, 3.05) is 12.4 Å². The molecule has 1 aliphatic rings. The Hall–Kier alpha value is -1.03. The van der Waals surface area contributed by atoms with Gasteiger partial charge in [-0.2, -0.15) is 5.10 Å². The Morgan fingerprint density at radius 3 is 3.00 bits per heavy atom. The smallest absolute Gasteiger partial charge is 0.257 e. The number of halogens is 1. The van der Waals surface area contributed by atoms with Crippen molar-refractivity contribution in [2.24, 2.45) is 7.05 Å². The van der Waals surface area contributed by atoms with Gasteiger partial charge in [-0.25, -0.2) is 0 Å². The molecule has 1 aliphatic heterocycles. The van der Waals surface area contributed by atoms with Crippen molar-refractivity contribution in [1.29, 1.82) is 0 Å². The Bertz CT molecular complexity index is 430. The third-order valence-electron chi connectivity index (χ3n) is 3.77. The minimum atomic E-state index is 0.123. The van der Waals surface area contributed by atoms with Crippen LogP contribution in [0.15, 0.2) is 6.20 Å². The molecule has 0 aromatic carbocycles. The number of amides is 1. The summed E-state index contributed by atoms with van der Waals surface area (Å²) in [5.41, 5.74) is 1.67. The minimum Gasteiger partial charge on any atom is -0.336 e. The standard InChI is InChI=1S/C13H20ClN3O/c1-10-12(9-15-16(10)2)13(18)17-8-4-6-11(17)5-3-7-14/h9,11H,3-8H2,1-2H3. The van der Waals surface area contributed by atoms with Crippen molar-refractivity contribution in [1.82, 2.24) is 14.7 Å². The largest absolute Gasteiger partial charge is 0.336 e. The minimum absolute atomic E-state index is 0.123. The first kappa shape index (κ1) is 13.4. The summed E-state index contributed by atoms with van der Waals surface area (Å²) in [5.74, 6) is 0.794. The Morgan fingerprint density at radius 1 is 1.61 bits per heavy atom. The van der Waals surface area contributed by atoms with E-state index in [1.807, 2.05) is 18.9 Å². The van der Waals surface area contributed by atoms with Crippen LogP contribution in [0.2, 0.25) is 0 Å². The molecule has 1 saturated heterocycles. The lowest BCUT2D eigenvalue weighted by Crippen LogP contribution is -2.35. The van der Waals surface area contributed by atoms with Crippen LogP contribution in [0.3, 0.4) is 0 Å². The van der Waals surface area contributed by atoms with Gasteiger partial charge in [-0.05, 0) is 32.6 Å². The number of nitrogens with zero attached hydrogens (tertiary/aromatic N) is 3. The van der Waals surface area contributed by atoms with E-state index in [2.05, 4.69) is 5.10 Å². The van der Waals surface area contributed by atoms with E-state index in [1.165, 1.54) is 0 Å². The second-order valence-corrected chi connectivity index (χ2v) is 5.27. The summed E-state index contributed by atoms with van der Waals surface area (Å²) in [6, 6.07) is 0.357. The predicted octanol–water partition coefficient (Wildman–Crippen LogP) is 2.35. The molecular formula is C13H20ClN3O. The van der Waals surface area contributed by atoms with Crippen LogP contribution in [0.4, 0.5) is 0 Å². The molecule has 2 heterocycles. The van der Waals surface area contributed by atoms with Crippen LogP contribution in [0.25, 0.3) is 0 Å². The fraction of sp³-hybridized carbons (Fsp3) is 0.692. The van der Waals surface area contributed by atoms with Gasteiger partial charge in [0, 0.05) is 31.2 Å². The van der Waals surface area contributed by atoms with Crippen LogP contribution in [-0.2, 0) is 7.05 Å². The van der Waals surface area contributed by atoms with Gasteiger partial charge >= 0.3 is 0 Å². The highest BCUT2D eigenvalue weighted by Gasteiger charge is 2.30. The quantitative estimate of drug-likeness (QED) is 0.787. The molecule has 1 atom stereocenters. The van der Waals surface area contributed by atoms with Gasteiger partial charge in [-0.15, -0.1) is 11.6 Å². The van der Waals surface area contributed by atoms with Gasteiger partial charge in [-0.3, -0.25) is 9.48 Å². The second kappa shape index (κ2) is 5.74. The van der Waals surface area contributed by atoms with E-state index >= 15 is 0 Å². The molecule has 0 aliphatic carbocycles. The molecule has 1 aromatic heterocycles. The lowest BCUT2D eigenvalue weighted by Gasteiger charge is -2.24. The topological polar surface area (TPSA) is 38.1 Å². The molecule has 0 bridgehead atoms. The Labute approximate surface area is 113 Å². The highest BCUT2D eigenvalue weighted by Crippen LogP contribution is 2.24. The van der Waals surface area contributed by atoms with Crippen LogP contribution in [0, 0.1) is 6.92 Å². The molecule has 1 amide bonds. The van der Waals surface area contributed by atoms with Gasteiger partial charge in [0.15, 0.2) is 0 Å². The van der Waals surface area contributed by atoms with E-state index in [0.29, 0.717) is 11.9 Å². The summed E-state index contributed by atoms with van der Waals surface area (Å²) in [6.07, 6.45) is 5.85. The van der Waals surface area contributed by atoms with Crippen LogP contribution < -0.4 is 0 Å². The number of rotatable bonds is 4. The first-order valence-corrected chi connectivity index (χ1v) is 7.04. The van der Waals surface area contributed by atoms with Crippen molar-refractivity contribution < 1.29 is 4.79 Å². The number of aryl methyl sites for hydroxylation is 1. The molecule has 5 heteroatoms. The number of likely N-dealkylation sites (tertiary alicyclic amines) is 1. The molecule has 0 N–H and O–H groups in total. The predicted molar refractivity (Wildman–Crippen MR) is 72.0 cm³/mol. The van der Waals surface area contributed by atoms with E-state index in [-0.39, 0.29) is 5.91 Å². The van der Waals surface area contributed by atoms with Crippen molar-refractivity contribution in [2.45, 2.75) is 38.6 Å². The summed E-state index contributed by atoms with van der Waals surface area (Å²) in [4.78, 5) is 14.5. The fourth-order valence-corrected chi connectivity index (χ4v) is 2.73. The van der Waals surface area contributed by atoms with Crippen LogP contribution >= 0.6 is 11.6 Å². The lowest BCUT2D eigenvalue weighted by atomic mass is 10.1. The van der Waals surface area contributed by atoms with E-state index in [9.17, 15) is 4.79 Å². The van der Waals surface area contributed by atoms with Crippen molar-refractivity contribution in [3.8, 4) is 0 Å². The molecule has 1 unspecified atom stereocenters. The molecule has 18 heavy (non-hydrogen) atoms. The molecule has 100 valence electrons. The SMILES string of the molecule is Cc1c(C(=O)N2CCCC2CCCCl)cnn1C. The van der Waals surface area contributed by atoms with Crippen molar-refractivity contribution in [3.05, 3.63) is 17.5 Å². The first-order chi connectivity index (χ1) is 8.65. The van der Waals surface area contributed by atoms with Crippen molar-refractivity contribution >= 4 is 17.5 Å². The maximum Gasteiger partial charge on any atom is 0.257 e. The summed E-state index contributed by atoms with van der Waals surface area (Å²) in [6.45, 7) is 2.80. The molecule has 1 fully saturated rings. The monoisotopic (exact) mass is 269 g/mol. The number of carbonyl (C=O) groups excluding carboxylic acids is 1. The van der Waals surface area contributed by atoms with E-state index in [0.717, 1.165) is 43.5 Å². The first-order valence-electron chi connectivity index (χ1n) is 6.50. The highest BCUT2D eigenvalue weighted by atomic mass is 35.5. The Morgan fingerprint density at radius 2 is 2.39 bits per heavy atom. The van der Waals surface area contributed by atoms with Gasteiger partial charge in [0.25, 0.3) is 5.91 Å². The van der Waals surface area contributed by atoms with Gasteiger partial charge in [0.1, 0.15) is 0 Å². The van der Waals surface area contributed by atoms with Gasteiger partial charge in [0.05, 0.1) is 11.8 Å². The Kier molecular flexibility index (Phi) is 4.27. The average Bonchev–Trinajstić information content (AvgIpc) is 2.95. The molecule has 2 rings (SSSR count). The Balaban J connectivity index is 2.10. The highest BCUT2D eigenvalue weighted by molar-refractivity contribution is 6.17. The number of aromatic nitrogens is 2. The number of carbonyl (C=O) groups is 1. The van der Waals surface area contributed by atoms with Gasteiger partial charge in [0.2, 0.25) is 0 Å². The zero-order valence-corrected chi connectivity index (χ0v) is 11.8. The number of alkyl halides is 1. The van der Waals surface area contributed by atoms with Crippen LogP contribution in [0.1, 0.15) is 41.7 Å². The summed E-state index contributed by atoms with van der Waals surface area (Å²) in [5, 5.41) is 4.14. The average molecular weight is 270 g/mol. The third kappa shape index (κ3) is 2.53. The maximum atomic E-state index is 12.5. The molecule has 1 aromatic rings. The normalized spacial score (nSPS) is 19.5. The molecule has 4 nitrogen and oxygen atoms in total. The van der Waals surface area contributed by atoms with Crippen LogP contribution in [-0.4, -0.2) is 39.1 Å². The fourth-order valence-electron chi connectivity index (χ4n) is 2.58. The number of hydrogen-bond donors (Lipinski definition) is 0. The molecule has 0 spiro atoms. The van der Waals surface area contributed by atoms with E-state index in [4.69, 9.17) is 11.6 Å². The second-order valence-electron chi connectivity index (χ2n) is 4.89. The van der Waals surface area contributed by atoms with Crippen LogP contribution in [0.5, 0.6) is 0 Å². The zero-order chi connectivity index (χ0) is 13.1. The molecule has 0 radical (unpaired) electrons. The maximum absolute atomic E-state index is 12.5. The summed E-state index contributed by atoms with van der Waals surface area (Å²) >= 11 is 5.74. The van der Waals surface area contributed by atoms with Gasteiger partial charge < -0.3 is 4.90 Å². The summed E-state index contributed by atoms with van der Waals surface area (Å²) < 4.78 is 1.75. The third-order valence-corrected chi connectivity index (χ3v) is 4.04. The lowest BCUT2D eigenvalue weighted by molar-refractivity contribution is 0.0729. The summed E-state index contributed by atoms with van der Waals surface area (Å²) in [7, 11) is 1.86. The number of hydrogen-bond acceptors (Lipinski definition) is 2. The van der Waals surface area contributed by atoms with Gasteiger partial charge in [-0.1, -0.05) is 0 Å². The van der Waals surface area contributed by atoms with Crippen molar-refractivity contribution in [3.63, 3.8) is 0 Å². The van der Waals surface area contributed by atoms with E-state index in [1.54, 1.807) is 10.9 Å². The zero-order valence-electron chi connectivity index (χ0n) is 11.0. The van der Waals surface area contributed by atoms with E-state index < -0.39 is 0 Å². The molecule has 0 saturated carbocycles. The molecular weight excluding hydrogens is 250 g/mol.